The Bertz CT molecular complexity index is 1170. The van der Waals surface area contributed by atoms with Crippen LogP contribution < -0.4 is 19.2 Å². The first kappa shape index (κ1) is 25.3. The van der Waals surface area contributed by atoms with E-state index in [1.54, 1.807) is 0 Å². The zero-order valence-electron chi connectivity index (χ0n) is 20.8. The van der Waals surface area contributed by atoms with Crippen LogP contribution in [0.1, 0.15) is 42.1 Å². The third-order valence-corrected chi connectivity index (χ3v) is 5.62. The number of hydrogen-bond donors (Lipinski definition) is 0. The van der Waals surface area contributed by atoms with Crippen LogP contribution in [0.15, 0.2) is 97.1 Å². The Morgan fingerprint density at radius 3 is 1.67 bits per heavy atom. The van der Waals surface area contributed by atoms with E-state index in [-0.39, 0.29) is 0 Å². The van der Waals surface area contributed by atoms with E-state index in [0.29, 0.717) is 50.4 Å². The number of aromatic nitrogens is 1. The first-order chi connectivity index (χ1) is 17.8. The molecule has 0 amide bonds. The molecular formula is C31H34NO4+. The summed E-state index contributed by atoms with van der Waals surface area (Å²) in [6.45, 7) is 4.47. The van der Waals surface area contributed by atoms with E-state index in [2.05, 4.69) is 24.0 Å². The first-order valence-corrected chi connectivity index (χ1v) is 12.5. The van der Waals surface area contributed by atoms with Crippen molar-refractivity contribution in [3.05, 3.63) is 119 Å². The highest BCUT2D eigenvalue weighted by atomic mass is 16.5. The lowest BCUT2D eigenvalue weighted by molar-refractivity contribution is -0.413. The van der Waals surface area contributed by atoms with Gasteiger partial charge in [-0.25, -0.2) is 0 Å². The number of H-pyrrole nitrogens is 1. The summed E-state index contributed by atoms with van der Waals surface area (Å²) in [4.78, 5) is 3.40. The molecule has 1 N–H and O–H groups in total. The van der Waals surface area contributed by atoms with Gasteiger partial charge in [0.2, 0.25) is 5.75 Å². The Morgan fingerprint density at radius 2 is 1.11 bits per heavy atom. The molecule has 0 radical (unpaired) electrons. The quantitative estimate of drug-likeness (QED) is 0.190. The van der Waals surface area contributed by atoms with Crippen LogP contribution in [0.3, 0.4) is 0 Å². The Kier molecular flexibility index (Phi) is 9.76. The molecule has 5 nitrogen and oxygen atoms in total. The van der Waals surface area contributed by atoms with Gasteiger partial charge >= 0.3 is 5.88 Å². The van der Waals surface area contributed by atoms with Crippen LogP contribution in [-0.4, -0.2) is 6.61 Å². The minimum absolute atomic E-state index is 0.349. The summed E-state index contributed by atoms with van der Waals surface area (Å²) in [5, 5.41) is 0. The maximum Gasteiger partial charge on any atom is 0.410 e. The Morgan fingerprint density at radius 1 is 0.583 bits per heavy atom. The van der Waals surface area contributed by atoms with Gasteiger partial charge in [0.05, 0.1) is 13.2 Å². The van der Waals surface area contributed by atoms with Gasteiger partial charge in [0.15, 0.2) is 5.75 Å². The molecule has 5 heteroatoms. The molecule has 0 aliphatic carbocycles. The lowest BCUT2D eigenvalue weighted by Crippen LogP contribution is -2.20. The fraction of sp³-hybridized carbons (Fsp3) is 0.258. The number of nitrogens with one attached hydrogen (secondary N) is 1. The van der Waals surface area contributed by atoms with E-state index < -0.39 is 0 Å². The van der Waals surface area contributed by atoms with Gasteiger partial charge in [-0.05, 0) is 23.1 Å². The van der Waals surface area contributed by atoms with E-state index in [1.165, 1.54) is 0 Å². The lowest BCUT2D eigenvalue weighted by atomic mass is 10.2. The topological polar surface area (TPSA) is 51.1 Å². The predicted molar refractivity (Wildman–Crippen MR) is 140 cm³/mol. The van der Waals surface area contributed by atoms with Crippen molar-refractivity contribution in [3.8, 4) is 17.4 Å². The molecule has 0 aliphatic heterocycles. The second-order valence-electron chi connectivity index (χ2n) is 8.53. The van der Waals surface area contributed by atoms with Crippen LogP contribution in [-0.2, 0) is 31.2 Å². The van der Waals surface area contributed by atoms with E-state index in [4.69, 9.17) is 18.9 Å². The molecule has 0 atom stereocenters. The highest BCUT2D eigenvalue weighted by molar-refractivity contribution is 5.39. The van der Waals surface area contributed by atoms with E-state index in [0.717, 1.165) is 35.2 Å². The smallest absolute Gasteiger partial charge is 0.410 e. The second-order valence-corrected chi connectivity index (χ2v) is 8.53. The van der Waals surface area contributed by atoms with Crippen molar-refractivity contribution in [2.45, 2.75) is 46.2 Å². The normalized spacial score (nSPS) is 10.7. The minimum atomic E-state index is 0.349. The van der Waals surface area contributed by atoms with Gasteiger partial charge in [0.1, 0.15) is 19.8 Å². The molecule has 3 aromatic carbocycles. The largest absolute Gasteiger partial charge is 0.482 e. The van der Waals surface area contributed by atoms with E-state index in [9.17, 15) is 0 Å². The van der Waals surface area contributed by atoms with Crippen molar-refractivity contribution < 1.29 is 23.9 Å². The zero-order chi connectivity index (χ0) is 24.8. The molecule has 0 fully saturated rings. The monoisotopic (exact) mass is 484 g/mol. The summed E-state index contributed by atoms with van der Waals surface area (Å²) >= 11 is 0. The molecule has 4 aromatic rings. The van der Waals surface area contributed by atoms with Crippen LogP contribution in [0.2, 0.25) is 0 Å². The Labute approximate surface area is 213 Å². The number of pyridine rings is 1. The van der Waals surface area contributed by atoms with Gasteiger partial charge in [-0.3, -0.25) is 0 Å². The third kappa shape index (κ3) is 7.85. The molecular weight excluding hydrogens is 450 g/mol. The van der Waals surface area contributed by atoms with Gasteiger partial charge in [-0.1, -0.05) is 104 Å². The van der Waals surface area contributed by atoms with Crippen molar-refractivity contribution in [2.75, 3.05) is 6.61 Å². The maximum absolute atomic E-state index is 6.25. The number of aromatic amines is 1. The third-order valence-electron chi connectivity index (χ3n) is 5.62. The Balaban J connectivity index is 1.56. The van der Waals surface area contributed by atoms with Gasteiger partial charge in [-0.2, -0.15) is 4.98 Å². The van der Waals surface area contributed by atoms with Crippen LogP contribution in [0, 0.1) is 0 Å². The summed E-state index contributed by atoms with van der Waals surface area (Å²) in [5.41, 5.74) is 4.09. The first-order valence-electron chi connectivity index (χ1n) is 12.5. The molecule has 1 aromatic heterocycles. The average Bonchev–Trinajstić information content (AvgIpc) is 2.93. The number of ether oxygens (including phenoxy) is 4. The van der Waals surface area contributed by atoms with Crippen molar-refractivity contribution in [2.24, 2.45) is 0 Å². The number of unbranched alkanes of at least 4 members (excludes halogenated alkanes) is 1. The highest BCUT2D eigenvalue weighted by Crippen LogP contribution is 2.31. The maximum atomic E-state index is 6.25. The van der Waals surface area contributed by atoms with Gasteiger partial charge in [0.25, 0.3) is 5.69 Å². The molecule has 0 unspecified atom stereocenters. The lowest BCUT2D eigenvalue weighted by Gasteiger charge is -2.13. The fourth-order valence-electron chi connectivity index (χ4n) is 3.62. The van der Waals surface area contributed by atoms with E-state index >= 15 is 0 Å². The molecule has 0 saturated heterocycles. The number of hydrogen-bond acceptors (Lipinski definition) is 4. The molecule has 4 rings (SSSR count). The fourth-order valence-corrected chi connectivity index (χ4v) is 3.62. The number of rotatable bonds is 14. The van der Waals surface area contributed by atoms with Crippen molar-refractivity contribution in [3.63, 3.8) is 0 Å². The van der Waals surface area contributed by atoms with Crippen molar-refractivity contribution in [1.82, 2.24) is 0 Å². The van der Waals surface area contributed by atoms with Crippen LogP contribution >= 0.6 is 0 Å². The Hall–Kier alpha value is -3.83. The summed E-state index contributed by atoms with van der Waals surface area (Å²) < 4.78 is 24.6. The molecule has 0 saturated carbocycles. The summed E-state index contributed by atoms with van der Waals surface area (Å²) in [6.07, 6.45) is 2.00. The molecule has 0 spiro atoms. The minimum Gasteiger partial charge on any atom is -0.482 e. The van der Waals surface area contributed by atoms with Crippen molar-refractivity contribution >= 4 is 0 Å². The molecule has 186 valence electrons. The van der Waals surface area contributed by atoms with Gasteiger partial charge in [-0.15, -0.1) is 0 Å². The van der Waals surface area contributed by atoms with Crippen LogP contribution in [0.4, 0.5) is 0 Å². The van der Waals surface area contributed by atoms with Crippen LogP contribution in [0.5, 0.6) is 17.4 Å². The highest BCUT2D eigenvalue weighted by Gasteiger charge is 2.23. The molecule has 0 bridgehead atoms. The summed E-state index contributed by atoms with van der Waals surface area (Å²) in [7, 11) is 0. The van der Waals surface area contributed by atoms with Crippen LogP contribution in [0.25, 0.3) is 0 Å². The molecule has 36 heavy (non-hydrogen) atoms. The SMILES string of the molecule is CCCCOc1[nH+]c(COCc2ccccc2)c(OCc2ccccc2)cc1OCc1ccccc1. The zero-order valence-corrected chi connectivity index (χ0v) is 20.8. The average molecular weight is 485 g/mol. The number of benzene rings is 3. The molecule has 1 heterocycles. The van der Waals surface area contributed by atoms with Crippen molar-refractivity contribution in [1.29, 1.82) is 0 Å². The van der Waals surface area contributed by atoms with E-state index in [1.807, 2.05) is 84.9 Å². The predicted octanol–water partition coefficient (Wildman–Crippen LogP) is 6.55. The van der Waals surface area contributed by atoms with Gasteiger partial charge < -0.3 is 18.9 Å². The summed E-state index contributed by atoms with van der Waals surface area (Å²) in [5.74, 6) is 1.88. The standard InChI is InChI=1S/C31H33NO4/c1-2-3-19-34-31-30(36-23-27-17-11-6-12-18-27)20-29(35-22-26-15-9-5-10-16-26)28(32-31)24-33-21-25-13-7-4-8-14-25/h4-18,20H,2-3,19,21-24H2,1H3/p+1. The second kappa shape index (κ2) is 13.9. The summed E-state index contributed by atoms with van der Waals surface area (Å²) in [6, 6.07) is 32.2. The van der Waals surface area contributed by atoms with Gasteiger partial charge in [0, 0.05) is 6.07 Å². The molecule has 0 aliphatic rings.